The number of thioether (sulfide) groups is 1. The van der Waals surface area contributed by atoms with Gasteiger partial charge < -0.3 is 9.47 Å². The number of unbranched alkanes of at least 4 members (excludes halogenated alkanes) is 2. The highest BCUT2D eigenvalue weighted by Crippen LogP contribution is 2.06. The van der Waals surface area contributed by atoms with Crippen LogP contribution >= 0.6 is 11.8 Å². The molecule has 0 atom stereocenters. The van der Waals surface area contributed by atoms with Gasteiger partial charge in [0.1, 0.15) is 0 Å². The maximum absolute atomic E-state index is 5.64. The van der Waals surface area contributed by atoms with Crippen LogP contribution in [0.1, 0.15) is 98.3 Å². The molecule has 0 amide bonds. The maximum atomic E-state index is 5.64. The van der Waals surface area contributed by atoms with E-state index in [4.69, 9.17) is 19.5 Å². The van der Waals surface area contributed by atoms with Crippen LogP contribution < -0.4 is 0 Å². The molecule has 178 valence electrons. The van der Waals surface area contributed by atoms with Crippen molar-refractivity contribution < 1.29 is 9.47 Å². The van der Waals surface area contributed by atoms with E-state index in [1.165, 1.54) is 49.3 Å². The minimum absolute atomic E-state index is 0.875. The first-order chi connectivity index (χ1) is 14.8. The van der Waals surface area contributed by atoms with E-state index in [0.717, 1.165) is 83.8 Å². The van der Waals surface area contributed by atoms with Gasteiger partial charge in [-0.2, -0.15) is 11.8 Å². The molecule has 0 radical (unpaired) electrons. The van der Waals surface area contributed by atoms with Gasteiger partial charge in [-0.1, -0.05) is 40.5 Å². The number of nitrogens with zero attached hydrogens (tertiary/aromatic N) is 2. The summed E-state index contributed by atoms with van der Waals surface area (Å²) in [5.41, 5.74) is 2.71. The molecule has 0 bridgehead atoms. The summed E-state index contributed by atoms with van der Waals surface area (Å²) in [5.74, 6) is 2.30. The Balaban J connectivity index is 3.67. The Morgan fingerprint density at radius 2 is 1.10 bits per heavy atom. The Bertz CT molecular complexity index is 376. The van der Waals surface area contributed by atoms with Crippen LogP contribution in [0.4, 0.5) is 0 Å². The Labute approximate surface area is 192 Å². The number of hydrogen-bond donors (Lipinski definition) is 0. The van der Waals surface area contributed by atoms with Gasteiger partial charge in [0, 0.05) is 56.7 Å². The third kappa shape index (κ3) is 20.9. The van der Waals surface area contributed by atoms with Crippen molar-refractivity contribution in [3.63, 3.8) is 0 Å². The van der Waals surface area contributed by atoms with Gasteiger partial charge in [0.25, 0.3) is 0 Å². The fourth-order valence-electron chi connectivity index (χ4n) is 2.96. The first kappa shape index (κ1) is 29.6. The van der Waals surface area contributed by atoms with Crippen LogP contribution in [-0.4, -0.2) is 62.4 Å². The first-order valence-electron chi connectivity index (χ1n) is 12.6. The van der Waals surface area contributed by atoms with Crippen LogP contribution in [0.25, 0.3) is 0 Å². The maximum Gasteiger partial charge on any atom is 0.0479 e. The minimum atomic E-state index is 0.875. The van der Waals surface area contributed by atoms with E-state index in [9.17, 15) is 0 Å². The van der Waals surface area contributed by atoms with Gasteiger partial charge in [-0.3, -0.25) is 9.98 Å². The van der Waals surface area contributed by atoms with Crippen molar-refractivity contribution in [1.29, 1.82) is 0 Å². The molecule has 0 unspecified atom stereocenters. The van der Waals surface area contributed by atoms with Gasteiger partial charge in [-0.25, -0.2) is 0 Å². The average molecular weight is 443 g/mol. The predicted molar refractivity (Wildman–Crippen MR) is 137 cm³/mol. The molecule has 0 aromatic carbocycles. The molecule has 4 nitrogen and oxygen atoms in total. The molecule has 0 spiro atoms. The van der Waals surface area contributed by atoms with Crippen molar-refractivity contribution in [2.24, 2.45) is 9.98 Å². The molecule has 0 saturated carbocycles. The fourth-order valence-corrected chi connectivity index (χ4v) is 3.72. The molecule has 0 aromatic rings. The van der Waals surface area contributed by atoms with Crippen LogP contribution in [-0.2, 0) is 9.47 Å². The summed E-state index contributed by atoms with van der Waals surface area (Å²) in [4.78, 5) is 9.60. The highest BCUT2D eigenvalue weighted by atomic mass is 32.2. The van der Waals surface area contributed by atoms with E-state index >= 15 is 0 Å². The quantitative estimate of drug-likeness (QED) is 0.126. The van der Waals surface area contributed by atoms with E-state index in [-0.39, 0.29) is 0 Å². The lowest BCUT2D eigenvalue weighted by Gasteiger charge is -2.06. The summed E-state index contributed by atoms with van der Waals surface area (Å²) in [6, 6.07) is 0. The van der Waals surface area contributed by atoms with Gasteiger partial charge in [-0.05, 0) is 63.5 Å². The predicted octanol–water partition coefficient (Wildman–Crippen LogP) is 7.01. The topological polar surface area (TPSA) is 43.2 Å². The Kier molecular flexibility index (Phi) is 24.6. The zero-order valence-corrected chi connectivity index (χ0v) is 21.4. The van der Waals surface area contributed by atoms with Crippen molar-refractivity contribution >= 4 is 23.2 Å². The molecule has 0 heterocycles. The van der Waals surface area contributed by atoms with Crippen LogP contribution in [0.5, 0.6) is 0 Å². The van der Waals surface area contributed by atoms with Crippen molar-refractivity contribution in [2.75, 3.05) is 51.0 Å². The molecule has 0 fully saturated rings. The summed E-state index contributed by atoms with van der Waals surface area (Å²) in [6.45, 7) is 14.3. The van der Waals surface area contributed by atoms with Crippen LogP contribution in [0.2, 0.25) is 0 Å². The summed E-state index contributed by atoms with van der Waals surface area (Å²) in [5, 5.41) is 0. The van der Waals surface area contributed by atoms with Gasteiger partial charge in [-0.15, -0.1) is 0 Å². The largest absolute Gasteiger partial charge is 0.381 e. The second-order valence-electron chi connectivity index (χ2n) is 7.71. The minimum Gasteiger partial charge on any atom is -0.381 e. The summed E-state index contributed by atoms with van der Waals surface area (Å²) < 4.78 is 11.3. The van der Waals surface area contributed by atoms with Gasteiger partial charge in [0.05, 0.1) is 0 Å². The molecule has 5 heteroatoms. The second-order valence-corrected chi connectivity index (χ2v) is 8.93. The van der Waals surface area contributed by atoms with Gasteiger partial charge in [0.2, 0.25) is 0 Å². The molecule has 30 heavy (non-hydrogen) atoms. The van der Waals surface area contributed by atoms with Crippen LogP contribution in [0.15, 0.2) is 9.98 Å². The summed E-state index contributed by atoms with van der Waals surface area (Å²) in [7, 11) is 0. The lowest BCUT2D eigenvalue weighted by atomic mass is 10.1. The normalized spacial score (nSPS) is 12.7. The second kappa shape index (κ2) is 24.9. The van der Waals surface area contributed by atoms with Crippen LogP contribution in [0.3, 0.4) is 0 Å². The van der Waals surface area contributed by atoms with Crippen molar-refractivity contribution in [3.05, 3.63) is 0 Å². The van der Waals surface area contributed by atoms with Gasteiger partial charge >= 0.3 is 0 Å². The third-order valence-corrected chi connectivity index (χ3v) is 6.01. The summed E-state index contributed by atoms with van der Waals surface area (Å²) >= 11 is 2.01. The highest BCUT2D eigenvalue weighted by molar-refractivity contribution is 7.99. The standard InChI is InChI=1S/C25H50N2O2S/c1-5-9-18-28-20-11-14-24(7-3)26-16-13-22-30-23-17-27-25(8-4)15-12-21-29-19-10-6-2/h5-23H2,1-4H3. The Hall–Kier alpha value is -0.390. The van der Waals surface area contributed by atoms with Crippen molar-refractivity contribution in [3.8, 4) is 0 Å². The molecule has 0 aromatic heterocycles. The first-order valence-corrected chi connectivity index (χ1v) is 13.7. The Morgan fingerprint density at radius 3 is 1.60 bits per heavy atom. The smallest absolute Gasteiger partial charge is 0.0479 e. The number of rotatable bonds is 23. The van der Waals surface area contributed by atoms with Crippen molar-refractivity contribution in [1.82, 2.24) is 0 Å². The molecule has 0 aliphatic carbocycles. The molecular weight excluding hydrogens is 392 g/mol. The number of aliphatic imine (C=N–C) groups is 2. The van der Waals surface area contributed by atoms with E-state index < -0.39 is 0 Å². The lowest BCUT2D eigenvalue weighted by molar-refractivity contribution is 0.130. The molecule has 0 rings (SSSR count). The third-order valence-electron chi connectivity index (χ3n) is 4.96. The lowest BCUT2D eigenvalue weighted by Crippen LogP contribution is -2.04. The SMILES string of the molecule is CCCCOCCCC(CC)=NCCCSCCN=C(CC)CCCOCCCC. The zero-order chi connectivity index (χ0) is 22.1. The molecular formula is C25H50N2O2S. The summed E-state index contributed by atoms with van der Waals surface area (Å²) in [6.07, 6.45) is 12.5. The molecule has 0 N–H and O–H groups in total. The molecule has 0 saturated heterocycles. The molecule has 0 aliphatic heterocycles. The van der Waals surface area contributed by atoms with E-state index in [1.807, 2.05) is 11.8 Å². The van der Waals surface area contributed by atoms with E-state index in [1.54, 1.807) is 0 Å². The van der Waals surface area contributed by atoms with Crippen molar-refractivity contribution in [2.45, 2.75) is 98.3 Å². The molecule has 0 aliphatic rings. The zero-order valence-electron chi connectivity index (χ0n) is 20.6. The van der Waals surface area contributed by atoms with E-state index in [2.05, 4.69) is 27.7 Å². The average Bonchev–Trinajstić information content (AvgIpc) is 2.77. The Morgan fingerprint density at radius 1 is 0.600 bits per heavy atom. The monoisotopic (exact) mass is 442 g/mol. The fraction of sp³-hybridized carbons (Fsp3) is 0.920. The van der Waals surface area contributed by atoms with Crippen LogP contribution in [0, 0.1) is 0 Å². The number of hydrogen-bond acceptors (Lipinski definition) is 5. The highest BCUT2D eigenvalue weighted by Gasteiger charge is 1.99. The van der Waals surface area contributed by atoms with E-state index in [0.29, 0.717) is 0 Å². The van der Waals surface area contributed by atoms with Gasteiger partial charge in [0.15, 0.2) is 0 Å². The number of ether oxygens (including phenoxy) is 2.